The summed E-state index contributed by atoms with van der Waals surface area (Å²) < 4.78 is 4.69. The van der Waals surface area contributed by atoms with Gasteiger partial charge in [0.2, 0.25) is 0 Å². The number of aliphatic hydroxyl groups is 1. The van der Waals surface area contributed by atoms with Gasteiger partial charge >= 0.3 is 0 Å². The molecular weight excluding hydrogens is 166 g/mol. The first-order valence-corrected chi connectivity index (χ1v) is 4.64. The van der Waals surface area contributed by atoms with E-state index in [0.29, 0.717) is 12.5 Å². The molecule has 0 bridgehead atoms. The summed E-state index contributed by atoms with van der Waals surface area (Å²) in [7, 11) is 1.48. The van der Waals surface area contributed by atoms with E-state index in [-0.39, 0.29) is 0 Å². The summed E-state index contributed by atoms with van der Waals surface area (Å²) in [4.78, 5) is 4.24. The quantitative estimate of drug-likeness (QED) is 0.671. The van der Waals surface area contributed by atoms with Gasteiger partial charge in [-0.1, -0.05) is 13.0 Å². The number of hydrogen-bond acceptors (Lipinski definition) is 3. The molecule has 2 unspecified atom stereocenters. The van der Waals surface area contributed by atoms with Crippen LogP contribution in [0.15, 0.2) is 17.1 Å². The number of allylic oxidation sites excluding steroid dienone is 2. The number of methoxy groups -OCH3 is 1. The Morgan fingerprint density at radius 3 is 3.08 bits per heavy atom. The van der Waals surface area contributed by atoms with Crippen LogP contribution in [0.25, 0.3) is 0 Å². The molecule has 1 rings (SSSR count). The maximum atomic E-state index is 9.09. The van der Waals surface area contributed by atoms with E-state index in [4.69, 9.17) is 5.11 Å². The van der Waals surface area contributed by atoms with Crippen molar-refractivity contribution in [2.75, 3.05) is 13.7 Å². The van der Waals surface area contributed by atoms with Crippen molar-refractivity contribution in [2.45, 2.75) is 26.1 Å². The van der Waals surface area contributed by atoms with Crippen LogP contribution in [-0.4, -0.2) is 30.8 Å². The van der Waals surface area contributed by atoms with Crippen molar-refractivity contribution in [1.29, 1.82) is 0 Å². The molecule has 1 aliphatic carbocycles. The molecule has 0 aromatic rings. The summed E-state index contributed by atoms with van der Waals surface area (Å²) in [6.07, 6.45) is 5.59. The summed E-state index contributed by atoms with van der Waals surface area (Å²) in [6, 6.07) is 0. The van der Waals surface area contributed by atoms with Crippen molar-refractivity contribution >= 4 is 5.71 Å². The Morgan fingerprint density at radius 1 is 1.77 bits per heavy atom. The molecule has 74 valence electrons. The van der Waals surface area contributed by atoms with E-state index < -0.39 is 6.29 Å². The molecule has 1 aliphatic rings. The third-order valence-electron chi connectivity index (χ3n) is 2.20. The van der Waals surface area contributed by atoms with Crippen molar-refractivity contribution < 1.29 is 9.84 Å². The van der Waals surface area contributed by atoms with Crippen LogP contribution in [0.2, 0.25) is 0 Å². The Hall–Kier alpha value is -0.670. The Labute approximate surface area is 79.1 Å². The predicted molar refractivity (Wildman–Crippen MR) is 52.9 cm³/mol. The molecule has 3 nitrogen and oxygen atoms in total. The minimum Gasteiger partial charge on any atom is -0.366 e. The second-order valence-electron chi connectivity index (χ2n) is 3.40. The summed E-state index contributed by atoms with van der Waals surface area (Å²) in [5.41, 5.74) is 1.06. The zero-order valence-corrected chi connectivity index (χ0v) is 8.23. The molecule has 0 saturated carbocycles. The highest BCUT2D eigenvalue weighted by molar-refractivity contribution is 5.95. The lowest BCUT2D eigenvalue weighted by Gasteiger charge is -2.13. The summed E-state index contributed by atoms with van der Waals surface area (Å²) in [5, 5.41) is 9.09. The smallest absolute Gasteiger partial charge is 0.173 e. The molecule has 0 amide bonds. The number of hydrogen-bond donors (Lipinski definition) is 1. The molecule has 1 N–H and O–H groups in total. The first kappa shape index (κ1) is 10.4. The minimum atomic E-state index is -0.764. The summed E-state index contributed by atoms with van der Waals surface area (Å²) in [6.45, 7) is 2.53. The number of nitrogens with zero attached hydrogens (tertiary/aromatic N) is 1. The standard InChI is InChI=1S/C10H17NO2/c1-8-3-5-9(6-4-8)11-7-10(12)13-2/h3,5,8,10,12H,4,6-7H2,1-2H3. The highest BCUT2D eigenvalue weighted by Gasteiger charge is 2.07. The second-order valence-corrected chi connectivity index (χ2v) is 3.40. The van der Waals surface area contributed by atoms with Crippen LogP contribution >= 0.6 is 0 Å². The number of aliphatic imine (C=N–C) groups is 1. The summed E-state index contributed by atoms with van der Waals surface area (Å²) in [5.74, 6) is 0.659. The number of ether oxygens (including phenoxy) is 1. The third kappa shape index (κ3) is 3.70. The molecule has 0 aliphatic heterocycles. The van der Waals surface area contributed by atoms with E-state index in [1.54, 1.807) is 0 Å². The van der Waals surface area contributed by atoms with Gasteiger partial charge in [0.25, 0.3) is 0 Å². The van der Waals surface area contributed by atoms with E-state index in [9.17, 15) is 0 Å². The van der Waals surface area contributed by atoms with Gasteiger partial charge in [0, 0.05) is 12.8 Å². The van der Waals surface area contributed by atoms with Crippen LogP contribution in [0.4, 0.5) is 0 Å². The first-order valence-electron chi connectivity index (χ1n) is 4.64. The van der Waals surface area contributed by atoms with E-state index in [2.05, 4.69) is 22.7 Å². The van der Waals surface area contributed by atoms with E-state index >= 15 is 0 Å². The Bertz CT molecular complexity index is 211. The highest BCUT2D eigenvalue weighted by Crippen LogP contribution is 2.14. The van der Waals surface area contributed by atoms with Gasteiger partial charge < -0.3 is 9.84 Å². The fraction of sp³-hybridized carbons (Fsp3) is 0.700. The van der Waals surface area contributed by atoms with E-state index in [0.717, 1.165) is 18.6 Å². The topological polar surface area (TPSA) is 41.8 Å². The largest absolute Gasteiger partial charge is 0.366 e. The Kier molecular flexibility index (Phi) is 4.12. The molecule has 0 aromatic carbocycles. The molecule has 0 aromatic heterocycles. The zero-order chi connectivity index (χ0) is 9.68. The van der Waals surface area contributed by atoms with E-state index in [1.165, 1.54) is 7.11 Å². The fourth-order valence-corrected chi connectivity index (χ4v) is 1.23. The fourth-order valence-electron chi connectivity index (χ4n) is 1.23. The van der Waals surface area contributed by atoms with E-state index in [1.807, 2.05) is 6.08 Å². The van der Waals surface area contributed by atoms with Crippen LogP contribution in [0.5, 0.6) is 0 Å². The van der Waals surface area contributed by atoms with Crippen molar-refractivity contribution in [3.8, 4) is 0 Å². The van der Waals surface area contributed by atoms with Crippen LogP contribution < -0.4 is 0 Å². The molecule has 13 heavy (non-hydrogen) atoms. The number of aliphatic hydroxyl groups excluding tert-OH is 1. The maximum Gasteiger partial charge on any atom is 0.173 e. The number of rotatable bonds is 3. The molecular formula is C10H17NO2. The molecule has 0 heterocycles. The second kappa shape index (κ2) is 5.14. The minimum absolute atomic E-state index is 0.338. The van der Waals surface area contributed by atoms with Gasteiger partial charge in [-0.15, -0.1) is 0 Å². The molecule has 2 atom stereocenters. The van der Waals surface area contributed by atoms with Gasteiger partial charge in [0.1, 0.15) is 0 Å². The monoisotopic (exact) mass is 183 g/mol. The molecule has 0 fully saturated rings. The lowest BCUT2D eigenvalue weighted by molar-refractivity contribution is -0.0650. The molecule has 0 spiro atoms. The lowest BCUT2D eigenvalue weighted by Crippen LogP contribution is -2.15. The van der Waals surface area contributed by atoms with Gasteiger partial charge in [-0.05, 0) is 24.8 Å². The normalized spacial score (nSPS) is 27.9. The van der Waals surface area contributed by atoms with Gasteiger partial charge in [-0.25, -0.2) is 0 Å². The Morgan fingerprint density at radius 2 is 2.54 bits per heavy atom. The summed E-state index contributed by atoms with van der Waals surface area (Å²) >= 11 is 0. The maximum absolute atomic E-state index is 9.09. The van der Waals surface area contributed by atoms with Crippen molar-refractivity contribution in [3.05, 3.63) is 12.2 Å². The Balaban J connectivity index is 2.39. The van der Waals surface area contributed by atoms with Crippen LogP contribution in [0.1, 0.15) is 19.8 Å². The van der Waals surface area contributed by atoms with Crippen molar-refractivity contribution in [1.82, 2.24) is 0 Å². The molecule has 0 radical (unpaired) electrons. The highest BCUT2D eigenvalue weighted by atomic mass is 16.6. The van der Waals surface area contributed by atoms with Crippen molar-refractivity contribution in [3.63, 3.8) is 0 Å². The van der Waals surface area contributed by atoms with Crippen molar-refractivity contribution in [2.24, 2.45) is 10.9 Å². The first-order chi connectivity index (χ1) is 6.22. The predicted octanol–water partition coefficient (Wildman–Crippen LogP) is 1.38. The average Bonchev–Trinajstić information content (AvgIpc) is 2.16. The van der Waals surface area contributed by atoms with Crippen LogP contribution in [0, 0.1) is 5.92 Å². The van der Waals surface area contributed by atoms with Gasteiger partial charge in [-0.2, -0.15) is 0 Å². The molecule has 3 heteroatoms. The van der Waals surface area contributed by atoms with Gasteiger partial charge in [-0.3, -0.25) is 4.99 Å². The van der Waals surface area contributed by atoms with Gasteiger partial charge in [0.15, 0.2) is 6.29 Å². The van der Waals surface area contributed by atoms with Crippen LogP contribution in [-0.2, 0) is 4.74 Å². The molecule has 0 saturated heterocycles. The third-order valence-corrected chi connectivity index (χ3v) is 2.20. The SMILES string of the molecule is COC(O)CN=C1C=CC(C)CC1. The zero-order valence-electron chi connectivity index (χ0n) is 8.23. The van der Waals surface area contributed by atoms with Gasteiger partial charge in [0.05, 0.1) is 6.54 Å². The lowest BCUT2D eigenvalue weighted by atomic mass is 9.96. The van der Waals surface area contributed by atoms with Crippen LogP contribution in [0.3, 0.4) is 0 Å². The average molecular weight is 183 g/mol.